The number of hydrogen-bond donors (Lipinski definition) is 2. The van der Waals surface area contributed by atoms with E-state index in [-0.39, 0.29) is 11.9 Å². The summed E-state index contributed by atoms with van der Waals surface area (Å²) in [6, 6.07) is 4.49. The van der Waals surface area contributed by atoms with Crippen LogP contribution >= 0.6 is 11.3 Å². The SMILES string of the molecule is CC.CC(C)(C)S(=O)(=O)NC1CCCCC1.O=CNc1nc2ccc(F)cc2s1. The minimum absolute atomic E-state index is 0.174. The van der Waals surface area contributed by atoms with Gasteiger partial charge in [0, 0.05) is 6.04 Å². The van der Waals surface area contributed by atoms with Crippen LogP contribution in [0.2, 0.25) is 0 Å². The second kappa shape index (κ2) is 11.6. The van der Waals surface area contributed by atoms with Gasteiger partial charge < -0.3 is 5.32 Å². The average Bonchev–Trinajstić information content (AvgIpc) is 3.05. The fourth-order valence-electron chi connectivity index (χ4n) is 2.63. The molecule has 0 bridgehead atoms. The molecule has 0 saturated heterocycles. The molecule has 1 fully saturated rings. The molecule has 2 N–H and O–H groups in total. The zero-order valence-corrected chi connectivity index (χ0v) is 19.4. The van der Waals surface area contributed by atoms with Gasteiger partial charge in [0.25, 0.3) is 0 Å². The summed E-state index contributed by atoms with van der Waals surface area (Å²) in [5.74, 6) is -0.297. The molecule has 3 rings (SSSR count). The highest BCUT2D eigenvalue weighted by atomic mass is 32.2. The number of halogens is 1. The van der Waals surface area contributed by atoms with Crippen molar-refractivity contribution in [2.45, 2.75) is 77.5 Å². The third kappa shape index (κ3) is 7.98. The van der Waals surface area contributed by atoms with Crippen LogP contribution in [-0.2, 0) is 14.8 Å². The molecule has 0 atom stereocenters. The number of sulfonamides is 1. The Hall–Kier alpha value is -1.58. The van der Waals surface area contributed by atoms with Gasteiger partial charge in [0.1, 0.15) is 5.82 Å². The highest BCUT2D eigenvalue weighted by molar-refractivity contribution is 7.90. The van der Waals surface area contributed by atoms with Crippen molar-refractivity contribution in [2.75, 3.05) is 5.32 Å². The maximum absolute atomic E-state index is 12.7. The number of thiazole rings is 1. The second-order valence-electron chi connectivity index (χ2n) is 7.46. The summed E-state index contributed by atoms with van der Waals surface area (Å²) in [6.07, 6.45) is 6.08. The molecular formula is C20H32FN3O3S2. The number of nitrogens with zero attached hydrogens (tertiary/aromatic N) is 1. The lowest BCUT2D eigenvalue weighted by atomic mass is 9.96. The number of rotatable bonds is 4. The standard InChI is InChI=1S/C10H21NO2S.C8H5FN2OS.C2H6/c1-10(2,3)14(12,13)11-9-7-5-4-6-8-9;9-5-1-2-6-7(3-5)13-8(11-6)10-4-12;1-2/h9,11H,4-8H2,1-3H3;1-4H,(H,10,11,12);1-2H3. The van der Waals surface area contributed by atoms with E-state index in [0.29, 0.717) is 17.1 Å². The van der Waals surface area contributed by atoms with Crippen LogP contribution in [0, 0.1) is 5.82 Å². The number of aromatic nitrogens is 1. The first-order valence-corrected chi connectivity index (χ1v) is 12.2. The lowest BCUT2D eigenvalue weighted by molar-refractivity contribution is -0.105. The first-order valence-electron chi connectivity index (χ1n) is 9.90. The fourth-order valence-corrected chi connectivity index (χ4v) is 4.50. The molecule has 6 nitrogen and oxygen atoms in total. The van der Waals surface area contributed by atoms with Crippen LogP contribution in [0.1, 0.15) is 66.7 Å². The van der Waals surface area contributed by atoms with Crippen LogP contribution < -0.4 is 10.0 Å². The number of nitrogens with one attached hydrogen (secondary N) is 2. The normalized spacial score (nSPS) is 15.0. The first-order chi connectivity index (χ1) is 13.6. The smallest absolute Gasteiger partial charge is 0.216 e. The lowest BCUT2D eigenvalue weighted by Crippen LogP contribution is -2.45. The molecule has 0 radical (unpaired) electrons. The first kappa shape index (κ1) is 25.5. The number of amides is 1. The zero-order chi connectivity index (χ0) is 22.1. The molecule has 1 aliphatic carbocycles. The molecule has 0 unspecified atom stereocenters. The van der Waals surface area contributed by atoms with Crippen molar-refractivity contribution in [1.29, 1.82) is 0 Å². The van der Waals surface area contributed by atoms with E-state index in [1.54, 1.807) is 26.8 Å². The van der Waals surface area contributed by atoms with Gasteiger partial charge in [-0.3, -0.25) is 4.79 Å². The lowest BCUT2D eigenvalue weighted by Gasteiger charge is -2.27. The molecule has 1 aliphatic rings. The van der Waals surface area contributed by atoms with Crippen molar-refractivity contribution in [3.8, 4) is 0 Å². The average molecular weight is 446 g/mol. The molecule has 1 amide bonds. The molecule has 29 heavy (non-hydrogen) atoms. The monoisotopic (exact) mass is 445 g/mol. The van der Waals surface area contributed by atoms with Crippen molar-refractivity contribution in [3.05, 3.63) is 24.0 Å². The topological polar surface area (TPSA) is 88.2 Å². The predicted molar refractivity (Wildman–Crippen MR) is 119 cm³/mol. The van der Waals surface area contributed by atoms with Crippen LogP contribution in [0.25, 0.3) is 10.2 Å². The Kier molecular flexibility index (Phi) is 10.2. The summed E-state index contributed by atoms with van der Waals surface area (Å²) in [5.41, 5.74) is 0.691. The zero-order valence-electron chi connectivity index (χ0n) is 17.8. The van der Waals surface area contributed by atoms with E-state index in [0.717, 1.165) is 30.4 Å². The molecule has 164 valence electrons. The molecule has 2 aromatic rings. The summed E-state index contributed by atoms with van der Waals surface area (Å²) in [4.78, 5) is 14.2. The van der Waals surface area contributed by atoms with Crippen LogP contribution in [0.15, 0.2) is 18.2 Å². The van der Waals surface area contributed by atoms with Gasteiger partial charge in [-0.25, -0.2) is 22.5 Å². The maximum atomic E-state index is 12.7. The molecule has 0 aliphatic heterocycles. The number of fused-ring (bicyclic) bond motifs is 1. The minimum atomic E-state index is -3.15. The molecule has 1 aromatic carbocycles. The Morgan fingerprint density at radius 1 is 1.17 bits per heavy atom. The Labute approximate surface area is 177 Å². The van der Waals surface area contributed by atoms with Gasteiger partial charge in [0.15, 0.2) is 5.13 Å². The summed E-state index contributed by atoms with van der Waals surface area (Å²) in [6.45, 7) is 9.20. The third-order valence-electron chi connectivity index (χ3n) is 4.27. The molecule has 0 spiro atoms. The van der Waals surface area contributed by atoms with E-state index in [1.807, 2.05) is 13.8 Å². The van der Waals surface area contributed by atoms with Gasteiger partial charge in [-0.05, 0) is 51.8 Å². The molecule has 1 aromatic heterocycles. The van der Waals surface area contributed by atoms with Crippen LogP contribution in [0.5, 0.6) is 0 Å². The Morgan fingerprint density at radius 2 is 1.79 bits per heavy atom. The van der Waals surface area contributed by atoms with E-state index in [2.05, 4.69) is 15.0 Å². The summed E-state index contributed by atoms with van der Waals surface area (Å²) in [7, 11) is -3.15. The molecule has 9 heteroatoms. The highest BCUT2D eigenvalue weighted by Gasteiger charge is 2.31. The maximum Gasteiger partial charge on any atom is 0.216 e. The molecular weight excluding hydrogens is 413 g/mol. The number of benzene rings is 1. The minimum Gasteiger partial charge on any atom is -0.305 e. The summed E-state index contributed by atoms with van der Waals surface area (Å²) < 4.78 is 39.2. The van der Waals surface area contributed by atoms with Crippen LogP contribution in [-0.4, -0.2) is 30.6 Å². The van der Waals surface area contributed by atoms with E-state index in [1.165, 1.54) is 29.9 Å². The van der Waals surface area contributed by atoms with E-state index in [9.17, 15) is 17.6 Å². The van der Waals surface area contributed by atoms with Crippen LogP contribution in [0.3, 0.4) is 0 Å². The summed E-state index contributed by atoms with van der Waals surface area (Å²) in [5, 5.41) is 2.90. The molecule has 1 heterocycles. The van der Waals surface area contributed by atoms with Crippen molar-refractivity contribution in [1.82, 2.24) is 9.71 Å². The number of anilines is 1. The predicted octanol–water partition coefficient (Wildman–Crippen LogP) is 5.07. The van der Waals surface area contributed by atoms with Gasteiger partial charge in [0.05, 0.1) is 15.0 Å². The van der Waals surface area contributed by atoms with Gasteiger partial charge in [-0.1, -0.05) is 44.4 Å². The second-order valence-corrected chi connectivity index (χ2v) is 11.0. The van der Waals surface area contributed by atoms with E-state index >= 15 is 0 Å². The van der Waals surface area contributed by atoms with E-state index < -0.39 is 14.8 Å². The Bertz CT molecular complexity index is 871. The largest absolute Gasteiger partial charge is 0.305 e. The number of carbonyl (C=O) groups excluding carboxylic acids is 1. The fraction of sp³-hybridized carbons (Fsp3) is 0.600. The quantitative estimate of drug-likeness (QED) is 0.643. The van der Waals surface area contributed by atoms with Gasteiger partial charge in [-0.15, -0.1) is 0 Å². The summed E-state index contributed by atoms with van der Waals surface area (Å²) >= 11 is 1.24. The van der Waals surface area contributed by atoms with Crippen molar-refractivity contribution in [3.63, 3.8) is 0 Å². The van der Waals surface area contributed by atoms with Crippen LogP contribution in [0.4, 0.5) is 9.52 Å². The van der Waals surface area contributed by atoms with E-state index in [4.69, 9.17) is 0 Å². The van der Waals surface area contributed by atoms with Crippen molar-refractivity contribution < 1.29 is 17.6 Å². The van der Waals surface area contributed by atoms with Crippen molar-refractivity contribution in [2.24, 2.45) is 0 Å². The number of hydrogen-bond acceptors (Lipinski definition) is 5. The van der Waals surface area contributed by atoms with Gasteiger partial charge in [-0.2, -0.15) is 0 Å². The highest BCUT2D eigenvalue weighted by Crippen LogP contribution is 2.25. The number of carbonyl (C=O) groups is 1. The molecule has 1 saturated carbocycles. The van der Waals surface area contributed by atoms with Crippen molar-refractivity contribution >= 4 is 43.1 Å². The third-order valence-corrected chi connectivity index (χ3v) is 7.47. The Morgan fingerprint density at radius 3 is 2.34 bits per heavy atom. The Balaban J connectivity index is 0.000000268. The van der Waals surface area contributed by atoms with Gasteiger partial charge in [0.2, 0.25) is 16.4 Å². The van der Waals surface area contributed by atoms with Gasteiger partial charge >= 0.3 is 0 Å².